The summed E-state index contributed by atoms with van der Waals surface area (Å²) in [7, 11) is 0. The van der Waals surface area contributed by atoms with Crippen LogP contribution in [-0.4, -0.2) is 38.6 Å². The van der Waals surface area contributed by atoms with Crippen molar-refractivity contribution in [2.24, 2.45) is 0 Å². The molecule has 1 aliphatic rings. The van der Waals surface area contributed by atoms with Gasteiger partial charge in [-0.3, -0.25) is 4.79 Å². The molecule has 3 N–H and O–H groups in total. The van der Waals surface area contributed by atoms with Gasteiger partial charge in [0.15, 0.2) is 6.54 Å². The van der Waals surface area contributed by atoms with E-state index in [0.29, 0.717) is 18.3 Å². The van der Waals surface area contributed by atoms with Crippen LogP contribution in [0, 0.1) is 5.82 Å². The van der Waals surface area contributed by atoms with Crippen molar-refractivity contribution < 1.29 is 19.0 Å². The zero-order valence-electron chi connectivity index (χ0n) is 17.0. The average Bonchev–Trinajstić information content (AvgIpc) is 2.78. The van der Waals surface area contributed by atoms with Crippen molar-refractivity contribution in [1.82, 2.24) is 0 Å². The fourth-order valence-corrected chi connectivity index (χ4v) is 4.31. The number of benzene rings is 3. The summed E-state index contributed by atoms with van der Waals surface area (Å²) in [5.74, 6) is -0.327. The van der Waals surface area contributed by atoms with Gasteiger partial charge in [-0.2, -0.15) is 0 Å². The number of carbonyl (C=O) groups excluding carboxylic acids is 1. The Hall–Kier alpha value is -3.02. The molecule has 0 bridgehead atoms. The van der Waals surface area contributed by atoms with Gasteiger partial charge < -0.3 is 15.1 Å². The van der Waals surface area contributed by atoms with E-state index >= 15 is 0 Å². The van der Waals surface area contributed by atoms with Gasteiger partial charge in [0, 0.05) is 16.8 Å². The lowest BCUT2D eigenvalue weighted by Crippen LogP contribution is -3.28. The van der Waals surface area contributed by atoms with E-state index in [1.54, 1.807) is 12.1 Å². The first-order valence-electron chi connectivity index (χ1n) is 10.5. The molecule has 1 amide bonds. The number of quaternary nitrogens is 2. The van der Waals surface area contributed by atoms with Crippen molar-refractivity contribution in [3.63, 3.8) is 0 Å². The Bertz CT molecular complexity index is 900. The second-order valence-electron chi connectivity index (χ2n) is 7.89. The molecule has 1 fully saturated rings. The second kappa shape index (κ2) is 9.65. The van der Waals surface area contributed by atoms with Gasteiger partial charge in [0.05, 0.1) is 0 Å². The Kier molecular flexibility index (Phi) is 6.52. The maximum atomic E-state index is 13.0. The maximum Gasteiger partial charge on any atom is 0.279 e. The number of anilines is 1. The van der Waals surface area contributed by atoms with Crippen molar-refractivity contribution in [3.05, 3.63) is 102 Å². The van der Waals surface area contributed by atoms with Gasteiger partial charge in [-0.25, -0.2) is 4.39 Å². The van der Waals surface area contributed by atoms with Crippen LogP contribution in [0.4, 0.5) is 10.1 Å². The van der Waals surface area contributed by atoms with E-state index in [2.05, 4.69) is 66.0 Å². The molecule has 154 valence electrons. The number of piperazine rings is 1. The summed E-state index contributed by atoms with van der Waals surface area (Å²) in [6.07, 6.45) is 0. The third-order valence-corrected chi connectivity index (χ3v) is 5.81. The van der Waals surface area contributed by atoms with Crippen molar-refractivity contribution in [1.29, 1.82) is 0 Å². The highest BCUT2D eigenvalue weighted by Crippen LogP contribution is 2.18. The van der Waals surface area contributed by atoms with Crippen LogP contribution in [0.3, 0.4) is 0 Å². The van der Waals surface area contributed by atoms with Crippen molar-refractivity contribution in [2.75, 3.05) is 38.0 Å². The molecule has 5 heteroatoms. The van der Waals surface area contributed by atoms with Crippen LogP contribution in [0.5, 0.6) is 0 Å². The van der Waals surface area contributed by atoms with Gasteiger partial charge in [0.2, 0.25) is 0 Å². The predicted molar refractivity (Wildman–Crippen MR) is 116 cm³/mol. The molecule has 0 saturated carbocycles. The van der Waals surface area contributed by atoms with Crippen LogP contribution in [0.25, 0.3) is 0 Å². The van der Waals surface area contributed by atoms with E-state index in [1.165, 1.54) is 33.1 Å². The lowest BCUT2D eigenvalue weighted by molar-refractivity contribution is -1.02. The highest BCUT2D eigenvalue weighted by Gasteiger charge is 2.32. The highest BCUT2D eigenvalue weighted by molar-refractivity contribution is 5.91. The molecular formula is C25H28FN3O+2. The van der Waals surface area contributed by atoms with E-state index < -0.39 is 0 Å². The van der Waals surface area contributed by atoms with Gasteiger partial charge in [-0.05, 0) is 24.3 Å². The smallest absolute Gasteiger partial charge is 0.279 e. The third kappa shape index (κ3) is 5.12. The number of nitrogens with one attached hydrogen (secondary N) is 3. The minimum absolute atomic E-state index is 0.0253. The SMILES string of the molecule is O=C(C[NH+]1CC[NH+](C(c2ccccc2)c2ccccc2)CC1)Nc1ccc(F)cc1. The van der Waals surface area contributed by atoms with Crippen LogP contribution in [0.1, 0.15) is 17.2 Å². The Labute approximate surface area is 176 Å². The fraction of sp³-hybridized carbons (Fsp3) is 0.240. The van der Waals surface area contributed by atoms with Crippen LogP contribution in [0.15, 0.2) is 84.9 Å². The molecule has 3 aromatic rings. The molecular weight excluding hydrogens is 377 g/mol. The van der Waals surface area contributed by atoms with Crippen LogP contribution < -0.4 is 15.1 Å². The molecule has 1 heterocycles. The van der Waals surface area contributed by atoms with Crippen LogP contribution in [-0.2, 0) is 4.79 Å². The van der Waals surface area contributed by atoms with Crippen molar-refractivity contribution >= 4 is 11.6 Å². The summed E-state index contributed by atoms with van der Waals surface area (Å²) in [6, 6.07) is 27.6. The molecule has 1 aliphatic heterocycles. The number of carbonyl (C=O) groups is 1. The van der Waals surface area contributed by atoms with E-state index in [0.717, 1.165) is 26.2 Å². The normalized spacial score (nSPS) is 18.9. The first kappa shape index (κ1) is 20.3. The van der Waals surface area contributed by atoms with Gasteiger partial charge in [0.25, 0.3) is 5.91 Å². The minimum Gasteiger partial charge on any atom is -0.321 e. The lowest BCUT2D eigenvalue weighted by atomic mass is 9.96. The number of rotatable bonds is 6. The van der Waals surface area contributed by atoms with E-state index in [1.807, 2.05) is 0 Å². The molecule has 0 aliphatic carbocycles. The Morgan fingerprint density at radius 1 is 0.800 bits per heavy atom. The molecule has 0 atom stereocenters. The van der Waals surface area contributed by atoms with Crippen LogP contribution >= 0.6 is 0 Å². The number of halogens is 1. The standard InChI is InChI=1S/C25H26FN3O/c26-22-11-13-23(14-12-22)27-24(30)19-28-15-17-29(18-16-28)25(20-7-3-1-4-8-20)21-9-5-2-6-10-21/h1-14,25H,15-19H2,(H,27,30)/p+2. The topological polar surface area (TPSA) is 38.0 Å². The first-order chi connectivity index (χ1) is 14.7. The Morgan fingerprint density at radius 3 is 1.87 bits per heavy atom. The summed E-state index contributed by atoms with van der Waals surface area (Å²) in [4.78, 5) is 15.2. The summed E-state index contributed by atoms with van der Waals surface area (Å²) >= 11 is 0. The van der Waals surface area contributed by atoms with E-state index in [4.69, 9.17) is 0 Å². The molecule has 1 saturated heterocycles. The minimum atomic E-state index is -0.302. The fourth-order valence-electron chi connectivity index (χ4n) is 4.31. The quantitative estimate of drug-likeness (QED) is 0.569. The molecule has 0 aromatic heterocycles. The van der Waals surface area contributed by atoms with E-state index in [-0.39, 0.29) is 11.7 Å². The van der Waals surface area contributed by atoms with Gasteiger partial charge in [-0.1, -0.05) is 60.7 Å². The summed E-state index contributed by atoms with van der Waals surface area (Å²) in [5, 5.41) is 2.87. The average molecular weight is 406 g/mol. The van der Waals surface area contributed by atoms with Crippen LogP contribution in [0.2, 0.25) is 0 Å². The molecule has 30 heavy (non-hydrogen) atoms. The lowest BCUT2D eigenvalue weighted by Gasteiger charge is -2.34. The summed E-state index contributed by atoms with van der Waals surface area (Å²) in [5.41, 5.74) is 3.30. The molecule has 3 aromatic carbocycles. The van der Waals surface area contributed by atoms with Gasteiger partial charge in [0.1, 0.15) is 38.0 Å². The van der Waals surface area contributed by atoms with Gasteiger partial charge in [-0.15, -0.1) is 0 Å². The zero-order valence-corrected chi connectivity index (χ0v) is 17.0. The largest absolute Gasteiger partial charge is 0.321 e. The molecule has 4 nitrogen and oxygen atoms in total. The number of hydrogen-bond acceptors (Lipinski definition) is 1. The monoisotopic (exact) mass is 405 g/mol. The molecule has 0 radical (unpaired) electrons. The summed E-state index contributed by atoms with van der Waals surface area (Å²) < 4.78 is 13.0. The Morgan fingerprint density at radius 2 is 1.33 bits per heavy atom. The van der Waals surface area contributed by atoms with Crippen molar-refractivity contribution in [3.8, 4) is 0 Å². The Balaban J connectivity index is 1.37. The summed E-state index contributed by atoms with van der Waals surface area (Å²) in [6.45, 7) is 4.35. The number of amides is 1. The highest BCUT2D eigenvalue weighted by atomic mass is 19.1. The molecule has 0 unspecified atom stereocenters. The zero-order chi connectivity index (χ0) is 20.8. The molecule has 4 rings (SSSR count). The second-order valence-corrected chi connectivity index (χ2v) is 7.89. The van der Waals surface area contributed by atoms with Crippen molar-refractivity contribution in [2.45, 2.75) is 6.04 Å². The predicted octanol–water partition coefficient (Wildman–Crippen LogP) is 1.34. The van der Waals surface area contributed by atoms with E-state index in [9.17, 15) is 9.18 Å². The van der Waals surface area contributed by atoms with Gasteiger partial charge >= 0.3 is 0 Å². The maximum absolute atomic E-state index is 13.0. The first-order valence-corrected chi connectivity index (χ1v) is 10.5. The third-order valence-electron chi connectivity index (χ3n) is 5.81. The number of hydrogen-bond donors (Lipinski definition) is 3. The molecule has 0 spiro atoms.